The molecule has 2 heterocycles. The first kappa shape index (κ1) is 15.0. The number of urea groups is 1. The molecule has 2 unspecified atom stereocenters. The highest BCUT2D eigenvalue weighted by atomic mass is 79.9. The van der Waals surface area contributed by atoms with Crippen molar-refractivity contribution in [3.8, 4) is 0 Å². The van der Waals surface area contributed by atoms with Crippen molar-refractivity contribution in [2.75, 3.05) is 6.54 Å². The van der Waals surface area contributed by atoms with Crippen molar-refractivity contribution >= 4 is 39.2 Å². The topological polar surface area (TPSA) is 75.4 Å². The molecule has 1 aliphatic heterocycles. The van der Waals surface area contributed by atoms with Crippen LogP contribution < -0.4 is 11.1 Å². The van der Waals surface area contributed by atoms with Crippen LogP contribution in [0.3, 0.4) is 0 Å². The zero-order valence-electron chi connectivity index (χ0n) is 11.6. The third-order valence-corrected chi connectivity index (χ3v) is 6.18. The molecule has 1 saturated carbocycles. The average Bonchev–Trinajstić information content (AvgIpc) is 2.98. The fourth-order valence-corrected chi connectivity index (χ4v) is 4.83. The minimum Gasteiger partial charge on any atom is -0.330 e. The van der Waals surface area contributed by atoms with Crippen molar-refractivity contribution in [2.45, 2.75) is 37.8 Å². The third kappa shape index (κ3) is 2.51. The quantitative estimate of drug-likeness (QED) is 0.801. The zero-order valence-corrected chi connectivity index (χ0v) is 14.0. The summed E-state index contributed by atoms with van der Waals surface area (Å²) in [6.07, 6.45) is 3.64. The Balaban J connectivity index is 1.84. The van der Waals surface area contributed by atoms with Crippen molar-refractivity contribution in [1.29, 1.82) is 0 Å². The minimum atomic E-state index is -0.765. The van der Waals surface area contributed by atoms with Gasteiger partial charge < -0.3 is 11.1 Å². The van der Waals surface area contributed by atoms with E-state index in [9.17, 15) is 9.59 Å². The number of hydrogen-bond donors (Lipinski definition) is 2. The SMILES string of the molecule is NCC1CCCCC12NC(=O)N(Cc1cc(Br)cs1)C2=O. The number of hydrogen-bond acceptors (Lipinski definition) is 4. The van der Waals surface area contributed by atoms with E-state index >= 15 is 0 Å². The molecule has 21 heavy (non-hydrogen) atoms. The molecule has 0 bridgehead atoms. The van der Waals surface area contributed by atoms with E-state index in [-0.39, 0.29) is 17.9 Å². The summed E-state index contributed by atoms with van der Waals surface area (Å²) in [5.74, 6) is -0.0602. The molecular formula is C14H18BrN3O2S. The fourth-order valence-electron chi connectivity index (χ4n) is 3.39. The van der Waals surface area contributed by atoms with Crippen molar-refractivity contribution in [1.82, 2.24) is 10.2 Å². The summed E-state index contributed by atoms with van der Waals surface area (Å²) in [6.45, 7) is 0.768. The number of nitrogens with zero attached hydrogens (tertiary/aromatic N) is 1. The van der Waals surface area contributed by atoms with Crippen molar-refractivity contribution in [3.63, 3.8) is 0 Å². The molecule has 3 rings (SSSR count). The lowest BCUT2D eigenvalue weighted by Crippen LogP contribution is -2.56. The van der Waals surface area contributed by atoms with E-state index in [0.29, 0.717) is 19.5 Å². The highest BCUT2D eigenvalue weighted by Crippen LogP contribution is 2.38. The number of amides is 3. The second-order valence-electron chi connectivity index (χ2n) is 5.70. The Bertz CT molecular complexity index is 576. The van der Waals surface area contributed by atoms with E-state index in [2.05, 4.69) is 21.2 Å². The lowest BCUT2D eigenvalue weighted by Gasteiger charge is -2.38. The third-order valence-electron chi connectivity index (χ3n) is 4.49. The summed E-state index contributed by atoms with van der Waals surface area (Å²) in [7, 11) is 0. The van der Waals surface area contributed by atoms with E-state index in [0.717, 1.165) is 28.6 Å². The van der Waals surface area contributed by atoms with Gasteiger partial charge in [-0.2, -0.15) is 0 Å². The highest BCUT2D eigenvalue weighted by molar-refractivity contribution is 9.10. The highest BCUT2D eigenvalue weighted by Gasteiger charge is 2.55. The summed E-state index contributed by atoms with van der Waals surface area (Å²) < 4.78 is 0.974. The molecule has 2 aliphatic rings. The van der Waals surface area contributed by atoms with Crippen LogP contribution in [0.25, 0.3) is 0 Å². The molecule has 2 atom stereocenters. The monoisotopic (exact) mass is 371 g/mol. The molecule has 1 aromatic rings. The first-order chi connectivity index (χ1) is 10.1. The van der Waals surface area contributed by atoms with Gasteiger partial charge >= 0.3 is 6.03 Å². The summed E-state index contributed by atoms with van der Waals surface area (Å²) in [6, 6.07) is 1.65. The van der Waals surface area contributed by atoms with E-state index in [1.165, 1.54) is 16.2 Å². The van der Waals surface area contributed by atoms with Gasteiger partial charge in [0.1, 0.15) is 5.54 Å². The number of carbonyl (C=O) groups excluding carboxylic acids is 2. The molecule has 2 fully saturated rings. The lowest BCUT2D eigenvalue weighted by atomic mass is 9.72. The van der Waals surface area contributed by atoms with Gasteiger partial charge in [-0.3, -0.25) is 9.69 Å². The van der Waals surface area contributed by atoms with Gasteiger partial charge in [-0.25, -0.2) is 4.79 Å². The van der Waals surface area contributed by atoms with Crippen LogP contribution in [0.1, 0.15) is 30.6 Å². The maximum Gasteiger partial charge on any atom is 0.325 e. The maximum atomic E-state index is 12.9. The Morgan fingerprint density at radius 2 is 2.29 bits per heavy atom. The molecule has 7 heteroatoms. The Labute approximate surface area is 136 Å². The van der Waals surface area contributed by atoms with Crippen LogP contribution in [0.5, 0.6) is 0 Å². The van der Waals surface area contributed by atoms with Gasteiger partial charge in [-0.15, -0.1) is 11.3 Å². The fraction of sp³-hybridized carbons (Fsp3) is 0.571. The molecule has 1 saturated heterocycles. The van der Waals surface area contributed by atoms with Crippen LogP contribution in [0.2, 0.25) is 0 Å². The number of carbonyl (C=O) groups is 2. The minimum absolute atomic E-state index is 0.0442. The van der Waals surface area contributed by atoms with Gasteiger partial charge in [0, 0.05) is 20.6 Å². The van der Waals surface area contributed by atoms with Crippen LogP contribution in [0.15, 0.2) is 15.9 Å². The molecule has 1 aliphatic carbocycles. The van der Waals surface area contributed by atoms with Gasteiger partial charge in [0.25, 0.3) is 5.91 Å². The standard InChI is InChI=1S/C14H18BrN3O2S/c15-10-5-11(21-8-10)7-18-12(19)14(17-13(18)20)4-2-1-3-9(14)6-16/h5,8-9H,1-4,6-7,16H2,(H,17,20). The predicted molar refractivity (Wildman–Crippen MR) is 84.8 cm³/mol. The summed E-state index contributed by atoms with van der Waals surface area (Å²) in [4.78, 5) is 27.5. The Kier molecular flexibility index (Phi) is 4.07. The van der Waals surface area contributed by atoms with E-state index < -0.39 is 5.54 Å². The summed E-state index contributed by atoms with van der Waals surface area (Å²) in [5.41, 5.74) is 5.08. The molecule has 114 valence electrons. The number of halogens is 1. The Hall–Kier alpha value is -0.920. The van der Waals surface area contributed by atoms with Crippen molar-refractivity contribution in [3.05, 3.63) is 20.8 Å². The van der Waals surface area contributed by atoms with Gasteiger partial charge in [0.2, 0.25) is 0 Å². The van der Waals surface area contributed by atoms with Crippen LogP contribution in [0.4, 0.5) is 4.79 Å². The Morgan fingerprint density at radius 3 is 2.95 bits per heavy atom. The predicted octanol–water partition coefficient (Wildman–Crippen LogP) is 2.45. The first-order valence-electron chi connectivity index (χ1n) is 7.14. The molecule has 3 amide bonds. The molecule has 5 nitrogen and oxygen atoms in total. The first-order valence-corrected chi connectivity index (χ1v) is 8.81. The van der Waals surface area contributed by atoms with E-state index in [1.54, 1.807) is 0 Å². The van der Waals surface area contributed by atoms with Gasteiger partial charge in [0.05, 0.1) is 6.54 Å². The lowest BCUT2D eigenvalue weighted by molar-refractivity contribution is -0.134. The van der Waals surface area contributed by atoms with Crippen LogP contribution >= 0.6 is 27.3 Å². The summed E-state index contributed by atoms with van der Waals surface area (Å²) >= 11 is 4.93. The number of nitrogens with two attached hydrogens (primary N) is 1. The van der Waals surface area contributed by atoms with Crippen LogP contribution in [-0.4, -0.2) is 28.9 Å². The summed E-state index contributed by atoms with van der Waals surface area (Å²) in [5, 5.41) is 4.90. The van der Waals surface area contributed by atoms with Crippen LogP contribution in [-0.2, 0) is 11.3 Å². The van der Waals surface area contributed by atoms with Crippen LogP contribution in [0, 0.1) is 5.92 Å². The smallest absolute Gasteiger partial charge is 0.325 e. The number of rotatable bonds is 3. The number of thiophene rings is 1. The Morgan fingerprint density at radius 1 is 1.48 bits per heavy atom. The van der Waals surface area contributed by atoms with Gasteiger partial charge in [0.15, 0.2) is 0 Å². The van der Waals surface area contributed by atoms with E-state index in [4.69, 9.17) is 5.73 Å². The largest absolute Gasteiger partial charge is 0.330 e. The molecule has 0 aromatic carbocycles. The maximum absolute atomic E-state index is 12.9. The normalized spacial score (nSPS) is 29.2. The van der Waals surface area contributed by atoms with Crippen molar-refractivity contribution < 1.29 is 9.59 Å². The molecule has 1 spiro atoms. The van der Waals surface area contributed by atoms with Gasteiger partial charge in [-0.05, 0) is 41.4 Å². The second kappa shape index (κ2) is 5.70. The molecular weight excluding hydrogens is 354 g/mol. The molecule has 3 N–H and O–H groups in total. The van der Waals surface area contributed by atoms with Gasteiger partial charge in [-0.1, -0.05) is 12.8 Å². The molecule has 0 radical (unpaired) electrons. The zero-order chi connectivity index (χ0) is 15.0. The number of imide groups is 1. The second-order valence-corrected chi connectivity index (χ2v) is 7.61. The van der Waals surface area contributed by atoms with E-state index in [1.807, 2.05) is 11.4 Å². The number of nitrogens with one attached hydrogen (secondary N) is 1. The molecule has 1 aromatic heterocycles. The average molecular weight is 372 g/mol. The van der Waals surface area contributed by atoms with Crippen molar-refractivity contribution in [2.24, 2.45) is 11.7 Å².